The summed E-state index contributed by atoms with van der Waals surface area (Å²) in [7, 11) is 1.70. The smallest absolute Gasteiger partial charge is 0.312 e. The molecule has 3 amide bonds. The molecule has 1 heterocycles. The molecule has 0 saturated heterocycles. The van der Waals surface area contributed by atoms with E-state index in [0.29, 0.717) is 6.54 Å². The molecule has 20 heavy (non-hydrogen) atoms. The molecule has 1 aromatic heterocycles. The second-order valence-corrected chi connectivity index (χ2v) is 5.35. The minimum Gasteiger partial charge on any atom is -0.352 e. The molecule has 0 fully saturated rings. The molecule has 0 aliphatic heterocycles. The quantitative estimate of drug-likeness (QED) is 0.730. The summed E-state index contributed by atoms with van der Waals surface area (Å²) in [5.41, 5.74) is 10.7. The second kappa shape index (κ2) is 8.78. The zero-order valence-electron chi connectivity index (χ0n) is 11.5. The fourth-order valence-electron chi connectivity index (χ4n) is 1.61. The lowest BCUT2D eigenvalue weighted by atomic mass is 10.1. The lowest BCUT2D eigenvalue weighted by Gasteiger charge is -2.26. The number of hydrogen-bond donors (Lipinski definition) is 3. The van der Waals surface area contributed by atoms with Crippen LogP contribution >= 0.6 is 23.7 Å². The molecule has 2 unspecified atom stereocenters. The van der Waals surface area contributed by atoms with Gasteiger partial charge in [0.1, 0.15) is 0 Å². The number of nitrogens with one attached hydrogen (secondary N) is 1. The Labute approximate surface area is 128 Å². The van der Waals surface area contributed by atoms with E-state index in [9.17, 15) is 9.59 Å². The molecule has 0 radical (unpaired) electrons. The Morgan fingerprint density at radius 3 is 2.60 bits per heavy atom. The van der Waals surface area contributed by atoms with E-state index >= 15 is 0 Å². The van der Waals surface area contributed by atoms with Gasteiger partial charge in [-0.3, -0.25) is 4.79 Å². The van der Waals surface area contributed by atoms with Crippen molar-refractivity contribution in [3.8, 4) is 0 Å². The van der Waals surface area contributed by atoms with Crippen LogP contribution in [-0.4, -0.2) is 36.5 Å². The highest BCUT2D eigenvalue weighted by Gasteiger charge is 2.22. The summed E-state index contributed by atoms with van der Waals surface area (Å²) in [6.07, 6.45) is 0.171. The normalized spacial score (nSPS) is 12.9. The summed E-state index contributed by atoms with van der Waals surface area (Å²) in [6, 6.07) is 2.67. The fourth-order valence-corrected chi connectivity index (χ4v) is 2.38. The van der Waals surface area contributed by atoms with Crippen molar-refractivity contribution in [2.45, 2.75) is 25.4 Å². The van der Waals surface area contributed by atoms with Crippen molar-refractivity contribution < 1.29 is 9.59 Å². The van der Waals surface area contributed by atoms with Crippen LogP contribution in [0.1, 0.15) is 24.3 Å². The molecule has 0 saturated carbocycles. The lowest BCUT2D eigenvalue weighted by molar-refractivity contribution is -0.132. The lowest BCUT2D eigenvalue weighted by Crippen LogP contribution is -2.42. The number of urea groups is 1. The summed E-state index contributed by atoms with van der Waals surface area (Å²) >= 11 is 1.48. The molecule has 0 aromatic carbocycles. The van der Waals surface area contributed by atoms with Gasteiger partial charge in [-0.25, -0.2) is 4.79 Å². The molecular weight excluding hydrogens is 300 g/mol. The molecule has 2 atom stereocenters. The summed E-state index contributed by atoms with van der Waals surface area (Å²) in [5.74, 6) is -0.0786. The monoisotopic (exact) mass is 320 g/mol. The van der Waals surface area contributed by atoms with Crippen molar-refractivity contribution >= 4 is 35.7 Å². The SMILES string of the molecule is CC(CN)N(C)C(=O)CC(NC(N)=O)c1cccs1.Cl. The van der Waals surface area contributed by atoms with E-state index in [1.165, 1.54) is 11.3 Å². The van der Waals surface area contributed by atoms with E-state index in [4.69, 9.17) is 11.5 Å². The summed E-state index contributed by atoms with van der Waals surface area (Å²) in [4.78, 5) is 25.6. The predicted octanol–water partition coefficient (Wildman–Crippen LogP) is 1.07. The zero-order chi connectivity index (χ0) is 14.4. The zero-order valence-corrected chi connectivity index (χ0v) is 13.2. The van der Waals surface area contributed by atoms with Crippen molar-refractivity contribution in [2.75, 3.05) is 13.6 Å². The first kappa shape index (κ1) is 18.7. The molecule has 114 valence electrons. The molecule has 0 spiro atoms. The number of likely N-dealkylation sites (N-methyl/N-ethyl adjacent to an activating group) is 1. The summed E-state index contributed by atoms with van der Waals surface area (Å²) < 4.78 is 0. The first-order valence-electron chi connectivity index (χ1n) is 6.00. The van der Waals surface area contributed by atoms with Crippen molar-refractivity contribution in [3.05, 3.63) is 22.4 Å². The number of rotatable bonds is 6. The number of thiophene rings is 1. The molecule has 0 aliphatic carbocycles. The fraction of sp³-hybridized carbons (Fsp3) is 0.500. The highest BCUT2D eigenvalue weighted by atomic mass is 35.5. The minimum atomic E-state index is -0.638. The van der Waals surface area contributed by atoms with Gasteiger partial charge < -0.3 is 21.7 Å². The van der Waals surface area contributed by atoms with Crippen molar-refractivity contribution in [2.24, 2.45) is 11.5 Å². The van der Waals surface area contributed by atoms with Gasteiger partial charge in [-0.05, 0) is 18.4 Å². The number of nitrogens with two attached hydrogens (primary N) is 2. The number of primary amides is 1. The second-order valence-electron chi connectivity index (χ2n) is 4.37. The van der Waals surface area contributed by atoms with E-state index in [-0.39, 0.29) is 30.8 Å². The van der Waals surface area contributed by atoms with Crippen LogP contribution in [0.25, 0.3) is 0 Å². The number of nitrogens with zero attached hydrogens (tertiary/aromatic N) is 1. The highest BCUT2D eigenvalue weighted by molar-refractivity contribution is 7.10. The maximum absolute atomic E-state index is 12.1. The topological polar surface area (TPSA) is 101 Å². The first-order valence-corrected chi connectivity index (χ1v) is 6.88. The third kappa shape index (κ3) is 5.36. The summed E-state index contributed by atoms with van der Waals surface area (Å²) in [6.45, 7) is 2.27. The van der Waals surface area contributed by atoms with Crippen LogP contribution in [0.2, 0.25) is 0 Å². The van der Waals surface area contributed by atoms with Gasteiger partial charge in [-0.15, -0.1) is 23.7 Å². The maximum Gasteiger partial charge on any atom is 0.312 e. The number of carbonyl (C=O) groups excluding carboxylic acids is 2. The van der Waals surface area contributed by atoms with Gasteiger partial charge in [0.15, 0.2) is 0 Å². The van der Waals surface area contributed by atoms with Gasteiger partial charge >= 0.3 is 6.03 Å². The van der Waals surface area contributed by atoms with Crippen LogP contribution in [0.4, 0.5) is 4.79 Å². The standard InChI is InChI=1S/C12H20N4O2S.ClH/c1-8(7-13)16(2)11(17)6-9(15-12(14)18)10-4-3-5-19-10;/h3-5,8-9H,6-7,13H2,1-2H3,(H3,14,15,18);1H. The van der Waals surface area contributed by atoms with Crippen molar-refractivity contribution in [1.29, 1.82) is 0 Å². The largest absolute Gasteiger partial charge is 0.352 e. The number of amides is 3. The number of hydrogen-bond acceptors (Lipinski definition) is 4. The molecule has 6 nitrogen and oxygen atoms in total. The molecular formula is C12H21ClN4O2S. The van der Waals surface area contributed by atoms with Crippen LogP contribution in [0.3, 0.4) is 0 Å². The van der Waals surface area contributed by atoms with Gasteiger partial charge in [0, 0.05) is 24.5 Å². The maximum atomic E-state index is 12.1. The Morgan fingerprint density at radius 2 is 2.15 bits per heavy atom. The Balaban J connectivity index is 0.00000361. The molecule has 1 aromatic rings. The minimum absolute atomic E-state index is 0. The molecule has 5 N–H and O–H groups in total. The number of carbonyl (C=O) groups is 2. The van der Waals surface area contributed by atoms with Crippen LogP contribution in [-0.2, 0) is 4.79 Å². The number of halogens is 1. The predicted molar refractivity (Wildman–Crippen MR) is 82.9 cm³/mol. The van der Waals surface area contributed by atoms with Gasteiger partial charge in [-0.1, -0.05) is 6.07 Å². The average molecular weight is 321 g/mol. The van der Waals surface area contributed by atoms with Gasteiger partial charge in [-0.2, -0.15) is 0 Å². The van der Waals surface area contributed by atoms with E-state index < -0.39 is 12.1 Å². The molecule has 1 rings (SSSR count). The molecule has 0 aliphatic rings. The Morgan fingerprint density at radius 1 is 1.50 bits per heavy atom. The third-order valence-electron chi connectivity index (χ3n) is 2.98. The van der Waals surface area contributed by atoms with E-state index in [2.05, 4.69) is 5.32 Å². The van der Waals surface area contributed by atoms with Crippen LogP contribution in [0.5, 0.6) is 0 Å². The molecule has 0 bridgehead atoms. The van der Waals surface area contributed by atoms with Crippen LogP contribution in [0, 0.1) is 0 Å². The third-order valence-corrected chi connectivity index (χ3v) is 3.96. The Bertz CT molecular complexity index is 427. The first-order chi connectivity index (χ1) is 8.95. The van der Waals surface area contributed by atoms with Crippen molar-refractivity contribution in [3.63, 3.8) is 0 Å². The van der Waals surface area contributed by atoms with E-state index in [1.54, 1.807) is 11.9 Å². The van der Waals surface area contributed by atoms with Crippen LogP contribution in [0.15, 0.2) is 17.5 Å². The highest BCUT2D eigenvalue weighted by Crippen LogP contribution is 2.22. The average Bonchev–Trinajstić information content (AvgIpc) is 2.89. The Kier molecular flexibility index (Phi) is 8.21. The van der Waals surface area contributed by atoms with Crippen molar-refractivity contribution in [1.82, 2.24) is 10.2 Å². The van der Waals surface area contributed by atoms with E-state index in [0.717, 1.165) is 4.88 Å². The Hall–Kier alpha value is -1.31. The van der Waals surface area contributed by atoms with Gasteiger partial charge in [0.2, 0.25) is 5.91 Å². The van der Waals surface area contributed by atoms with E-state index in [1.807, 2.05) is 24.4 Å². The van der Waals surface area contributed by atoms with Gasteiger partial charge in [0.05, 0.1) is 12.5 Å². The van der Waals surface area contributed by atoms with Gasteiger partial charge in [0.25, 0.3) is 0 Å². The van der Waals surface area contributed by atoms with Crippen LogP contribution < -0.4 is 16.8 Å². The summed E-state index contributed by atoms with van der Waals surface area (Å²) in [5, 5.41) is 4.49. The molecule has 8 heteroatoms.